The molecule has 4 heteroatoms. The van der Waals surface area contributed by atoms with Crippen LogP contribution in [0.1, 0.15) is 24.2 Å². The first kappa shape index (κ1) is 12.0. The van der Waals surface area contributed by atoms with Gasteiger partial charge in [-0.2, -0.15) is 0 Å². The average molecular weight is 271 g/mol. The summed E-state index contributed by atoms with van der Waals surface area (Å²) in [5, 5.41) is 0. The third kappa shape index (κ3) is 2.72. The first-order valence-electron chi connectivity index (χ1n) is 4.94. The number of halogens is 1. The lowest BCUT2D eigenvalue weighted by Crippen LogP contribution is -2.30. The molecule has 0 radical (unpaired) electrons. The van der Waals surface area contributed by atoms with Gasteiger partial charge < -0.3 is 10.6 Å². The molecule has 1 rings (SSSR count). The zero-order valence-corrected chi connectivity index (χ0v) is 10.5. The van der Waals surface area contributed by atoms with Crippen LogP contribution in [0, 0.1) is 0 Å². The zero-order valence-electron chi connectivity index (χ0n) is 8.96. The van der Waals surface area contributed by atoms with Gasteiger partial charge in [0.2, 0.25) is 0 Å². The van der Waals surface area contributed by atoms with E-state index in [0.717, 1.165) is 17.6 Å². The number of carbonyl (C=O) groups is 1. The molecule has 15 heavy (non-hydrogen) atoms. The molecule has 0 aliphatic heterocycles. The van der Waals surface area contributed by atoms with Crippen molar-refractivity contribution in [2.45, 2.75) is 13.8 Å². The number of benzene rings is 1. The van der Waals surface area contributed by atoms with E-state index in [4.69, 9.17) is 5.73 Å². The molecule has 0 spiro atoms. The molecular formula is C11H15BrN2O. The lowest BCUT2D eigenvalue weighted by molar-refractivity contribution is 0.0773. The molecule has 0 saturated heterocycles. The monoisotopic (exact) mass is 270 g/mol. The minimum absolute atomic E-state index is 0.0423. The number of rotatable bonds is 3. The highest BCUT2D eigenvalue weighted by Crippen LogP contribution is 2.21. The van der Waals surface area contributed by atoms with E-state index < -0.39 is 0 Å². The van der Waals surface area contributed by atoms with Gasteiger partial charge in [0, 0.05) is 28.8 Å². The van der Waals surface area contributed by atoms with Crippen molar-refractivity contribution < 1.29 is 4.79 Å². The van der Waals surface area contributed by atoms with Gasteiger partial charge in [-0.05, 0) is 48.0 Å². The first-order valence-corrected chi connectivity index (χ1v) is 5.73. The fourth-order valence-electron chi connectivity index (χ4n) is 1.35. The molecule has 82 valence electrons. The van der Waals surface area contributed by atoms with Crippen LogP contribution in [0.2, 0.25) is 0 Å². The Balaban J connectivity index is 2.96. The topological polar surface area (TPSA) is 46.3 Å². The zero-order chi connectivity index (χ0) is 11.4. The third-order valence-electron chi connectivity index (χ3n) is 2.30. The summed E-state index contributed by atoms with van der Waals surface area (Å²) in [7, 11) is 0. The van der Waals surface area contributed by atoms with Gasteiger partial charge in [-0.1, -0.05) is 0 Å². The Labute approximate surface area is 98.4 Å². The molecule has 0 unspecified atom stereocenters. The molecule has 0 aliphatic rings. The van der Waals surface area contributed by atoms with Crippen LogP contribution in [0.3, 0.4) is 0 Å². The number of nitrogens with two attached hydrogens (primary N) is 1. The quantitative estimate of drug-likeness (QED) is 0.858. The summed E-state index contributed by atoms with van der Waals surface area (Å²) in [4.78, 5) is 13.7. The Morgan fingerprint density at radius 1 is 1.40 bits per heavy atom. The molecule has 0 bridgehead atoms. The second-order valence-corrected chi connectivity index (χ2v) is 4.07. The Morgan fingerprint density at radius 2 is 2.00 bits per heavy atom. The number of carbonyl (C=O) groups excluding carboxylic acids is 1. The molecule has 0 aliphatic carbocycles. The lowest BCUT2D eigenvalue weighted by atomic mass is 10.2. The molecular weight excluding hydrogens is 256 g/mol. The van der Waals surface area contributed by atoms with Crippen LogP contribution in [0.15, 0.2) is 22.7 Å². The number of hydrogen-bond acceptors (Lipinski definition) is 2. The molecule has 2 N–H and O–H groups in total. The Morgan fingerprint density at radius 3 is 2.47 bits per heavy atom. The highest BCUT2D eigenvalue weighted by atomic mass is 79.9. The van der Waals surface area contributed by atoms with Crippen molar-refractivity contribution in [1.82, 2.24) is 4.90 Å². The van der Waals surface area contributed by atoms with Crippen LogP contribution < -0.4 is 5.73 Å². The first-order chi connectivity index (χ1) is 7.10. The van der Waals surface area contributed by atoms with Crippen LogP contribution in [0.5, 0.6) is 0 Å². The van der Waals surface area contributed by atoms with Crippen LogP contribution in [-0.4, -0.2) is 23.9 Å². The van der Waals surface area contributed by atoms with Gasteiger partial charge in [-0.3, -0.25) is 4.79 Å². The number of anilines is 1. The van der Waals surface area contributed by atoms with Crippen LogP contribution in [0.4, 0.5) is 5.69 Å². The van der Waals surface area contributed by atoms with E-state index >= 15 is 0 Å². The predicted molar refractivity (Wildman–Crippen MR) is 65.8 cm³/mol. The summed E-state index contributed by atoms with van der Waals surface area (Å²) >= 11 is 3.31. The Bertz CT molecular complexity index is 362. The smallest absolute Gasteiger partial charge is 0.253 e. The minimum atomic E-state index is 0.0423. The van der Waals surface area contributed by atoms with E-state index in [0.29, 0.717) is 11.3 Å². The second-order valence-electron chi connectivity index (χ2n) is 3.21. The molecule has 3 nitrogen and oxygen atoms in total. The van der Waals surface area contributed by atoms with Crippen molar-refractivity contribution >= 4 is 27.5 Å². The van der Waals surface area contributed by atoms with Gasteiger partial charge in [-0.15, -0.1) is 0 Å². The maximum absolute atomic E-state index is 11.9. The molecule has 0 fully saturated rings. The number of hydrogen-bond donors (Lipinski definition) is 1. The van der Waals surface area contributed by atoms with Crippen molar-refractivity contribution in [2.24, 2.45) is 0 Å². The van der Waals surface area contributed by atoms with Gasteiger partial charge in [0.05, 0.1) is 0 Å². The minimum Gasteiger partial charge on any atom is -0.398 e. The molecule has 0 saturated carbocycles. The standard InChI is InChI=1S/C11H15BrN2O/c1-3-14(4-2)11(15)8-5-6-10(13)9(12)7-8/h5-7H,3-4,13H2,1-2H3. The van der Waals surface area contributed by atoms with Gasteiger partial charge >= 0.3 is 0 Å². The summed E-state index contributed by atoms with van der Waals surface area (Å²) in [6, 6.07) is 5.25. The molecule has 1 aromatic carbocycles. The number of amides is 1. The highest BCUT2D eigenvalue weighted by molar-refractivity contribution is 9.10. The summed E-state index contributed by atoms with van der Waals surface area (Å²) < 4.78 is 0.764. The molecule has 0 atom stereocenters. The van der Waals surface area contributed by atoms with E-state index in [9.17, 15) is 4.79 Å². The molecule has 0 heterocycles. The van der Waals surface area contributed by atoms with Crippen molar-refractivity contribution in [3.63, 3.8) is 0 Å². The molecule has 1 amide bonds. The van der Waals surface area contributed by atoms with Crippen LogP contribution >= 0.6 is 15.9 Å². The average Bonchev–Trinajstić information content (AvgIpc) is 2.23. The normalized spacial score (nSPS) is 10.1. The summed E-state index contributed by atoms with van der Waals surface area (Å²) in [5.41, 5.74) is 6.97. The van der Waals surface area contributed by atoms with Crippen molar-refractivity contribution in [3.05, 3.63) is 28.2 Å². The van der Waals surface area contributed by atoms with Crippen molar-refractivity contribution in [3.8, 4) is 0 Å². The van der Waals surface area contributed by atoms with Gasteiger partial charge in [0.15, 0.2) is 0 Å². The van der Waals surface area contributed by atoms with Crippen molar-refractivity contribution in [2.75, 3.05) is 18.8 Å². The van der Waals surface area contributed by atoms with Gasteiger partial charge in [0.25, 0.3) is 5.91 Å². The highest BCUT2D eigenvalue weighted by Gasteiger charge is 2.12. The largest absolute Gasteiger partial charge is 0.398 e. The van der Waals surface area contributed by atoms with Gasteiger partial charge in [-0.25, -0.2) is 0 Å². The maximum atomic E-state index is 11.9. The van der Waals surface area contributed by atoms with Crippen molar-refractivity contribution in [1.29, 1.82) is 0 Å². The number of nitrogen functional groups attached to an aromatic ring is 1. The SMILES string of the molecule is CCN(CC)C(=O)c1ccc(N)c(Br)c1. The Hall–Kier alpha value is -1.03. The lowest BCUT2D eigenvalue weighted by Gasteiger charge is -2.18. The number of nitrogens with zero attached hydrogens (tertiary/aromatic N) is 1. The molecule has 0 aromatic heterocycles. The summed E-state index contributed by atoms with van der Waals surface area (Å²) in [6.45, 7) is 5.37. The fourth-order valence-corrected chi connectivity index (χ4v) is 1.73. The second kappa shape index (κ2) is 5.16. The third-order valence-corrected chi connectivity index (χ3v) is 2.98. The van der Waals surface area contributed by atoms with E-state index in [2.05, 4.69) is 15.9 Å². The predicted octanol–water partition coefficient (Wildman–Crippen LogP) is 2.51. The van der Waals surface area contributed by atoms with E-state index in [-0.39, 0.29) is 5.91 Å². The van der Waals surface area contributed by atoms with E-state index in [1.807, 2.05) is 13.8 Å². The van der Waals surface area contributed by atoms with Gasteiger partial charge in [0.1, 0.15) is 0 Å². The fraction of sp³-hybridized carbons (Fsp3) is 0.364. The van der Waals surface area contributed by atoms with Crippen LogP contribution in [-0.2, 0) is 0 Å². The summed E-state index contributed by atoms with van der Waals surface area (Å²) in [6.07, 6.45) is 0. The van der Waals surface area contributed by atoms with E-state index in [1.54, 1.807) is 23.1 Å². The maximum Gasteiger partial charge on any atom is 0.253 e. The molecule has 1 aromatic rings. The summed E-state index contributed by atoms with van der Waals surface area (Å²) in [5.74, 6) is 0.0423. The Kier molecular flexibility index (Phi) is 4.15. The van der Waals surface area contributed by atoms with Crippen LogP contribution in [0.25, 0.3) is 0 Å². The van der Waals surface area contributed by atoms with E-state index in [1.165, 1.54) is 0 Å².